The van der Waals surface area contributed by atoms with Crippen LogP contribution in [0.1, 0.15) is 46.9 Å². The topological polar surface area (TPSA) is 92.2 Å². The Balaban J connectivity index is 1.56. The third kappa shape index (κ3) is 6.09. The number of carbonyl (C=O) groups is 3. The number of nitrogens with one attached hydrogen (secondary N) is 3. The van der Waals surface area contributed by atoms with E-state index in [4.69, 9.17) is 0 Å². The lowest BCUT2D eigenvalue weighted by atomic mass is 10.1. The minimum absolute atomic E-state index is 0.190. The van der Waals surface area contributed by atoms with E-state index in [0.717, 1.165) is 40.2 Å². The normalized spacial score (nSPS) is 10.8. The number of aryl methyl sites for hydroxylation is 2. The first-order chi connectivity index (χ1) is 17.8. The molecule has 4 aromatic rings. The first kappa shape index (κ1) is 26.2. The summed E-state index contributed by atoms with van der Waals surface area (Å²) in [4.78, 5) is 38.9. The monoisotopic (exact) mass is 560 g/mol. The van der Waals surface area contributed by atoms with Crippen LogP contribution >= 0.6 is 15.9 Å². The molecule has 3 aromatic carbocycles. The molecular weight excluding hydrogens is 532 g/mol. The molecule has 3 amide bonds. The quantitative estimate of drug-likeness (QED) is 0.231. The van der Waals surface area contributed by atoms with Crippen molar-refractivity contribution in [2.45, 2.75) is 40.0 Å². The molecule has 0 unspecified atom stereocenters. The fourth-order valence-electron chi connectivity index (χ4n) is 4.02. The molecule has 7 nitrogen and oxygen atoms in total. The summed E-state index contributed by atoms with van der Waals surface area (Å²) in [5.74, 6) is -2.14. The van der Waals surface area contributed by atoms with Crippen LogP contribution in [0, 0.1) is 13.8 Å². The van der Waals surface area contributed by atoms with Gasteiger partial charge in [-0.05, 0) is 85.8 Å². The van der Waals surface area contributed by atoms with Gasteiger partial charge in [0.2, 0.25) is 0 Å². The molecular formula is C29H29BrN4O3. The van der Waals surface area contributed by atoms with Gasteiger partial charge in [-0.3, -0.25) is 19.8 Å². The van der Waals surface area contributed by atoms with Gasteiger partial charge in [-0.2, -0.15) is 0 Å². The van der Waals surface area contributed by atoms with Gasteiger partial charge in [-0.15, -0.1) is 0 Å². The highest BCUT2D eigenvalue weighted by molar-refractivity contribution is 9.10. The van der Waals surface area contributed by atoms with Gasteiger partial charge in [0.15, 0.2) is 0 Å². The van der Waals surface area contributed by atoms with Crippen molar-refractivity contribution in [2.24, 2.45) is 0 Å². The molecule has 0 bridgehead atoms. The van der Waals surface area contributed by atoms with Gasteiger partial charge in [0.1, 0.15) is 5.69 Å². The minimum Gasteiger partial charge on any atom is -0.320 e. The van der Waals surface area contributed by atoms with Crippen molar-refractivity contribution in [1.82, 2.24) is 4.68 Å². The largest absolute Gasteiger partial charge is 0.328 e. The summed E-state index contributed by atoms with van der Waals surface area (Å²) >= 11 is 3.44. The number of aromatic nitrogens is 1. The molecule has 0 aliphatic rings. The van der Waals surface area contributed by atoms with Crippen LogP contribution in [0.4, 0.5) is 11.4 Å². The van der Waals surface area contributed by atoms with Crippen LogP contribution < -0.4 is 16.1 Å². The van der Waals surface area contributed by atoms with Crippen LogP contribution in [-0.2, 0) is 16.0 Å². The van der Waals surface area contributed by atoms with Gasteiger partial charge in [-0.1, -0.05) is 53.5 Å². The van der Waals surface area contributed by atoms with Crippen LogP contribution in [0.2, 0.25) is 0 Å². The lowest BCUT2D eigenvalue weighted by Crippen LogP contribution is -2.36. The standard InChI is InChI=1S/C29H29BrN4O3/c1-4-5-8-20-10-13-23(14-11-20)31-28(36)29(37)33-34-25-15-12-22(30)16-21(25)17-26(34)27(35)32-24-9-6-7-18(2)19(24)3/h6-7,9-17H,4-5,8H2,1-3H3,(H,31,36)(H,32,35)(H,33,37). The Labute approximate surface area is 224 Å². The number of anilines is 2. The summed E-state index contributed by atoms with van der Waals surface area (Å²) in [6.45, 7) is 6.04. The van der Waals surface area contributed by atoms with E-state index in [1.807, 2.05) is 50.2 Å². The maximum atomic E-state index is 13.3. The van der Waals surface area contributed by atoms with Crippen molar-refractivity contribution in [3.05, 3.63) is 93.6 Å². The zero-order chi connectivity index (χ0) is 26.5. The molecule has 4 rings (SSSR count). The van der Waals surface area contributed by atoms with Crippen LogP contribution in [0.25, 0.3) is 10.9 Å². The summed E-state index contributed by atoms with van der Waals surface area (Å²) in [6, 6.07) is 20.2. The van der Waals surface area contributed by atoms with E-state index < -0.39 is 17.7 Å². The summed E-state index contributed by atoms with van der Waals surface area (Å²) < 4.78 is 2.17. The molecule has 0 spiro atoms. The number of halogens is 1. The maximum Gasteiger partial charge on any atom is 0.328 e. The SMILES string of the molecule is CCCCc1ccc(NC(=O)C(=O)Nn2c(C(=O)Nc3cccc(C)c3C)cc3cc(Br)ccc32)cc1. The predicted octanol–water partition coefficient (Wildman–Crippen LogP) is 6.32. The summed E-state index contributed by atoms with van der Waals surface area (Å²) in [6.07, 6.45) is 3.16. The second-order valence-electron chi connectivity index (χ2n) is 8.97. The van der Waals surface area contributed by atoms with Gasteiger partial charge >= 0.3 is 11.8 Å². The second-order valence-corrected chi connectivity index (χ2v) is 9.88. The smallest absolute Gasteiger partial charge is 0.320 e. The first-order valence-corrected chi connectivity index (χ1v) is 13.0. The first-order valence-electron chi connectivity index (χ1n) is 12.2. The summed E-state index contributed by atoms with van der Waals surface area (Å²) in [5, 5.41) is 6.27. The zero-order valence-electron chi connectivity index (χ0n) is 21.0. The van der Waals surface area contributed by atoms with Crippen LogP contribution in [0.3, 0.4) is 0 Å². The molecule has 0 saturated carbocycles. The van der Waals surface area contributed by atoms with Gasteiger partial charge in [-0.25, -0.2) is 4.68 Å². The van der Waals surface area contributed by atoms with E-state index >= 15 is 0 Å². The number of unbranched alkanes of at least 4 members (excludes halogenated alkanes) is 1. The molecule has 1 heterocycles. The van der Waals surface area contributed by atoms with Crippen molar-refractivity contribution >= 4 is 55.9 Å². The van der Waals surface area contributed by atoms with Crippen molar-refractivity contribution < 1.29 is 14.4 Å². The second kappa shape index (κ2) is 11.4. The molecule has 8 heteroatoms. The van der Waals surface area contributed by atoms with Crippen molar-refractivity contribution in [1.29, 1.82) is 0 Å². The van der Waals surface area contributed by atoms with Gasteiger partial charge in [0.05, 0.1) is 5.52 Å². The summed E-state index contributed by atoms with van der Waals surface area (Å²) in [5.41, 5.74) is 7.73. The highest BCUT2D eigenvalue weighted by Gasteiger charge is 2.21. The van der Waals surface area contributed by atoms with Crippen LogP contribution in [0.15, 0.2) is 71.2 Å². The lowest BCUT2D eigenvalue weighted by molar-refractivity contribution is -0.133. The average Bonchev–Trinajstić information content (AvgIpc) is 3.23. The van der Waals surface area contributed by atoms with Crippen molar-refractivity contribution in [2.75, 3.05) is 16.1 Å². The van der Waals surface area contributed by atoms with Gasteiger partial charge < -0.3 is 10.6 Å². The fourth-order valence-corrected chi connectivity index (χ4v) is 4.40. The maximum absolute atomic E-state index is 13.3. The van der Waals surface area contributed by atoms with Gasteiger partial charge in [0.25, 0.3) is 5.91 Å². The Morgan fingerprint density at radius 1 is 0.892 bits per heavy atom. The number of amides is 3. The van der Waals surface area contributed by atoms with E-state index in [1.54, 1.807) is 30.3 Å². The van der Waals surface area contributed by atoms with Crippen LogP contribution in [-0.4, -0.2) is 22.4 Å². The molecule has 190 valence electrons. The number of hydrogen-bond donors (Lipinski definition) is 3. The van der Waals surface area contributed by atoms with E-state index in [0.29, 0.717) is 16.9 Å². The Bertz CT molecular complexity index is 1470. The van der Waals surface area contributed by atoms with Crippen LogP contribution in [0.5, 0.6) is 0 Å². The number of benzene rings is 3. The van der Waals surface area contributed by atoms with E-state index in [9.17, 15) is 14.4 Å². The third-order valence-corrected chi connectivity index (χ3v) is 6.79. The third-order valence-electron chi connectivity index (χ3n) is 6.30. The number of nitrogens with zero attached hydrogens (tertiary/aromatic N) is 1. The number of carbonyl (C=O) groups excluding carboxylic acids is 3. The zero-order valence-corrected chi connectivity index (χ0v) is 22.6. The van der Waals surface area contributed by atoms with E-state index in [-0.39, 0.29) is 5.69 Å². The molecule has 0 saturated heterocycles. The van der Waals surface area contributed by atoms with Gasteiger partial charge in [0, 0.05) is 21.2 Å². The molecule has 0 radical (unpaired) electrons. The fraction of sp³-hybridized carbons (Fsp3) is 0.207. The van der Waals surface area contributed by atoms with Crippen molar-refractivity contribution in [3.63, 3.8) is 0 Å². The number of fused-ring (bicyclic) bond motifs is 1. The highest BCUT2D eigenvalue weighted by Crippen LogP contribution is 2.25. The average molecular weight is 561 g/mol. The Morgan fingerprint density at radius 3 is 2.38 bits per heavy atom. The lowest BCUT2D eigenvalue weighted by Gasteiger charge is -2.14. The van der Waals surface area contributed by atoms with Crippen molar-refractivity contribution in [3.8, 4) is 0 Å². The molecule has 0 atom stereocenters. The Hall–Kier alpha value is -3.91. The molecule has 1 aromatic heterocycles. The Kier molecular flexibility index (Phi) is 8.08. The Morgan fingerprint density at radius 2 is 1.65 bits per heavy atom. The molecule has 3 N–H and O–H groups in total. The molecule has 37 heavy (non-hydrogen) atoms. The number of hydrogen-bond acceptors (Lipinski definition) is 3. The predicted molar refractivity (Wildman–Crippen MR) is 152 cm³/mol. The molecule has 0 fully saturated rings. The van der Waals surface area contributed by atoms with E-state index in [2.05, 4.69) is 38.9 Å². The molecule has 0 aliphatic carbocycles. The minimum atomic E-state index is -0.892. The summed E-state index contributed by atoms with van der Waals surface area (Å²) in [7, 11) is 0. The number of rotatable bonds is 7. The van der Waals surface area contributed by atoms with E-state index in [1.165, 1.54) is 10.2 Å². The molecule has 0 aliphatic heterocycles. The highest BCUT2D eigenvalue weighted by atomic mass is 79.9.